The highest BCUT2D eigenvalue weighted by Crippen LogP contribution is 2.39. The minimum Gasteiger partial charge on any atom is -0.493 e. The van der Waals surface area contributed by atoms with Crippen molar-refractivity contribution < 1.29 is 27.4 Å². The second-order valence-electron chi connectivity index (χ2n) is 5.99. The van der Waals surface area contributed by atoms with Crippen LogP contribution in [-0.4, -0.2) is 45.4 Å². The molecule has 2 aromatic rings. The molecule has 0 aliphatic carbocycles. The van der Waals surface area contributed by atoms with Crippen molar-refractivity contribution in [3.63, 3.8) is 0 Å². The van der Waals surface area contributed by atoms with E-state index in [1.807, 2.05) is 13.0 Å². The van der Waals surface area contributed by atoms with Gasteiger partial charge in [0.25, 0.3) is 0 Å². The fraction of sp³-hybridized carbons (Fsp3) is 0.474. The van der Waals surface area contributed by atoms with Gasteiger partial charge >= 0.3 is 6.18 Å². The summed E-state index contributed by atoms with van der Waals surface area (Å²) in [5.41, 5.74) is 0.0180. The fourth-order valence-electron chi connectivity index (χ4n) is 2.68. The van der Waals surface area contributed by atoms with Crippen molar-refractivity contribution >= 4 is 41.3 Å². The van der Waals surface area contributed by atoms with Crippen molar-refractivity contribution in [1.82, 2.24) is 15.6 Å². The summed E-state index contributed by atoms with van der Waals surface area (Å²) >= 11 is 0.934. The van der Waals surface area contributed by atoms with Crippen LogP contribution in [0.5, 0.6) is 17.2 Å². The van der Waals surface area contributed by atoms with Crippen molar-refractivity contribution in [2.45, 2.75) is 26.1 Å². The molecule has 0 saturated carbocycles. The minimum absolute atomic E-state index is 0. The van der Waals surface area contributed by atoms with Gasteiger partial charge in [-0.25, -0.2) is 9.98 Å². The number of nitrogens with one attached hydrogen (secondary N) is 2. The molecule has 12 heteroatoms. The van der Waals surface area contributed by atoms with E-state index in [0.717, 1.165) is 22.3 Å². The molecule has 0 bridgehead atoms. The van der Waals surface area contributed by atoms with Crippen molar-refractivity contribution in [2.24, 2.45) is 4.99 Å². The van der Waals surface area contributed by atoms with E-state index >= 15 is 0 Å². The molecule has 0 fully saturated rings. The molecule has 1 aromatic heterocycles. The third kappa shape index (κ3) is 7.59. The molecule has 174 valence electrons. The van der Waals surface area contributed by atoms with Gasteiger partial charge in [0.2, 0.25) is 5.75 Å². The molecule has 0 unspecified atom stereocenters. The number of hydrogen-bond acceptors (Lipinski definition) is 6. The SMILES string of the molecule is CCNC(=NCc1nc(C(F)(F)F)cs1)NCCc1ccc(OC)c(OC)c1OC.I. The molecule has 1 heterocycles. The molecule has 1 aromatic carbocycles. The molecule has 0 aliphatic rings. The van der Waals surface area contributed by atoms with E-state index in [4.69, 9.17) is 14.2 Å². The molecule has 2 rings (SSSR count). The van der Waals surface area contributed by atoms with Crippen LogP contribution in [0.1, 0.15) is 23.2 Å². The first-order valence-corrected chi connectivity index (χ1v) is 10.0. The topological polar surface area (TPSA) is 77.0 Å². The zero-order valence-corrected chi connectivity index (χ0v) is 20.8. The Morgan fingerprint density at radius 2 is 1.81 bits per heavy atom. The van der Waals surface area contributed by atoms with Crippen LogP contribution in [0.3, 0.4) is 0 Å². The maximum Gasteiger partial charge on any atom is 0.434 e. The molecular weight excluding hydrogens is 548 g/mol. The van der Waals surface area contributed by atoms with Gasteiger partial charge in [0.1, 0.15) is 5.01 Å². The van der Waals surface area contributed by atoms with Crippen LogP contribution in [0.25, 0.3) is 0 Å². The summed E-state index contributed by atoms with van der Waals surface area (Å²) in [6, 6.07) is 3.69. The lowest BCUT2D eigenvalue weighted by molar-refractivity contribution is -0.140. The lowest BCUT2D eigenvalue weighted by Gasteiger charge is -2.16. The zero-order valence-electron chi connectivity index (χ0n) is 17.6. The van der Waals surface area contributed by atoms with E-state index in [9.17, 15) is 13.2 Å². The maximum atomic E-state index is 12.7. The van der Waals surface area contributed by atoms with Gasteiger partial charge in [-0.2, -0.15) is 13.2 Å². The Kier molecular flexibility index (Phi) is 11.2. The van der Waals surface area contributed by atoms with E-state index in [0.29, 0.717) is 47.7 Å². The third-order valence-corrected chi connectivity index (χ3v) is 4.86. The van der Waals surface area contributed by atoms with Crippen molar-refractivity contribution in [1.29, 1.82) is 0 Å². The van der Waals surface area contributed by atoms with E-state index in [1.54, 1.807) is 27.4 Å². The first-order valence-electron chi connectivity index (χ1n) is 9.15. The Morgan fingerprint density at radius 3 is 2.35 bits per heavy atom. The van der Waals surface area contributed by atoms with E-state index in [2.05, 4.69) is 20.6 Å². The second-order valence-corrected chi connectivity index (χ2v) is 6.93. The van der Waals surface area contributed by atoms with Crippen molar-refractivity contribution in [3.8, 4) is 17.2 Å². The molecule has 0 atom stereocenters. The number of benzene rings is 1. The van der Waals surface area contributed by atoms with Crippen LogP contribution in [0.4, 0.5) is 13.2 Å². The van der Waals surface area contributed by atoms with Gasteiger partial charge in [0.05, 0.1) is 27.9 Å². The molecule has 7 nitrogen and oxygen atoms in total. The van der Waals surface area contributed by atoms with Crippen LogP contribution < -0.4 is 24.8 Å². The number of aromatic nitrogens is 1. The monoisotopic (exact) mass is 574 g/mol. The standard InChI is InChI=1S/C19H25F3N4O3S.HI/c1-5-23-18(25-10-15-26-14(11-30-15)19(20,21)22)24-9-8-12-6-7-13(27-2)17(29-4)16(12)28-3;/h6-7,11H,5,8-10H2,1-4H3,(H2,23,24,25);1H. The van der Waals surface area contributed by atoms with Crippen LogP contribution in [0, 0.1) is 0 Å². The molecule has 0 radical (unpaired) electrons. The summed E-state index contributed by atoms with van der Waals surface area (Å²) < 4.78 is 54.1. The summed E-state index contributed by atoms with van der Waals surface area (Å²) in [4.78, 5) is 7.90. The average molecular weight is 574 g/mol. The van der Waals surface area contributed by atoms with Crippen molar-refractivity contribution in [2.75, 3.05) is 34.4 Å². The molecule has 0 spiro atoms. The highest BCUT2D eigenvalue weighted by Gasteiger charge is 2.33. The number of ether oxygens (including phenoxy) is 3. The average Bonchev–Trinajstić information content (AvgIpc) is 3.21. The number of nitrogens with zero attached hydrogens (tertiary/aromatic N) is 2. The quantitative estimate of drug-likeness (QED) is 0.267. The van der Waals surface area contributed by atoms with E-state index in [-0.39, 0.29) is 30.5 Å². The predicted molar refractivity (Wildman–Crippen MR) is 125 cm³/mol. The Morgan fingerprint density at radius 1 is 1.10 bits per heavy atom. The molecule has 0 aliphatic heterocycles. The molecule has 0 saturated heterocycles. The first kappa shape index (κ1) is 27.1. The Labute approximate surface area is 200 Å². The van der Waals surface area contributed by atoms with Crippen molar-refractivity contribution in [3.05, 3.63) is 33.8 Å². The number of thiazole rings is 1. The summed E-state index contributed by atoms with van der Waals surface area (Å²) in [6.45, 7) is 3.08. The number of methoxy groups -OCH3 is 3. The van der Waals surface area contributed by atoms with Crippen LogP contribution in [0.2, 0.25) is 0 Å². The number of alkyl halides is 3. The highest BCUT2D eigenvalue weighted by molar-refractivity contribution is 14.0. The Balaban J connectivity index is 0.00000480. The second kappa shape index (κ2) is 12.8. The molecule has 2 N–H and O–H groups in total. The fourth-order valence-corrected chi connectivity index (χ4v) is 3.40. The maximum absolute atomic E-state index is 12.7. The van der Waals surface area contributed by atoms with Gasteiger partial charge in [-0.05, 0) is 19.4 Å². The number of hydrogen-bond donors (Lipinski definition) is 2. The molecule has 0 amide bonds. The third-order valence-electron chi connectivity index (χ3n) is 4.03. The lowest BCUT2D eigenvalue weighted by atomic mass is 10.1. The minimum atomic E-state index is -4.44. The molecular formula is C19H26F3IN4O3S. The van der Waals surface area contributed by atoms with Crippen LogP contribution in [0.15, 0.2) is 22.5 Å². The van der Waals surface area contributed by atoms with E-state index in [1.165, 1.54) is 0 Å². The van der Waals surface area contributed by atoms with Gasteiger partial charge in [-0.15, -0.1) is 35.3 Å². The smallest absolute Gasteiger partial charge is 0.434 e. The Hall–Kier alpha value is -1.96. The van der Waals surface area contributed by atoms with Gasteiger partial charge in [0.15, 0.2) is 23.2 Å². The van der Waals surface area contributed by atoms with Gasteiger partial charge in [0, 0.05) is 24.0 Å². The summed E-state index contributed by atoms with van der Waals surface area (Å²) in [7, 11) is 4.65. The lowest BCUT2D eigenvalue weighted by Crippen LogP contribution is -2.38. The Bertz CT molecular complexity index is 862. The highest BCUT2D eigenvalue weighted by atomic mass is 127. The van der Waals surface area contributed by atoms with E-state index < -0.39 is 11.9 Å². The normalized spacial score (nSPS) is 11.5. The number of aliphatic imine (C=N–C) groups is 1. The van der Waals surface area contributed by atoms with Crippen LogP contribution >= 0.6 is 35.3 Å². The summed E-state index contributed by atoms with van der Waals surface area (Å²) in [5.74, 6) is 2.16. The summed E-state index contributed by atoms with van der Waals surface area (Å²) in [6.07, 6.45) is -3.84. The van der Waals surface area contributed by atoms with Gasteiger partial charge in [-0.3, -0.25) is 0 Å². The number of halogens is 4. The van der Waals surface area contributed by atoms with Gasteiger partial charge in [-0.1, -0.05) is 6.07 Å². The predicted octanol–water partition coefficient (Wildman–Crippen LogP) is 4.10. The number of rotatable bonds is 9. The number of guanidine groups is 1. The molecule has 31 heavy (non-hydrogen) atoms. The summed E-state index contributed by atoms with van der Waals surface area (Å²) in [5, 5.41) is 7.51. The van der Waals surface area contributed by atoms with Crippen LogP contribution in [-0.2, 0) is 19.1 Å². The largest absolute Gasteiger partial charge is 0.493 e. The first-order chi connectivity index (χ1) is 14.3. The van der Waals surface area contributed by atoms with Gasteiger partial charge < -0.3 is 24.8 Å². The zero-order chi connectivity index (χ0) is 22.1.